The van der Waals surface area contributed by atoms with E-state index in [0.717, 1.165) is 5.56 Å². The van der Waals surface area contributed by atoms with Crippen molar-refractivity contribution in [2.45, 2.75) is 12.8 Å². The number of urea groups is 1. The third kappa shape index (κ3) is 5.68. The molecule has 2 amide bonds. The number of anilines is 1. The number of rotatable bonds is 8. The third-order valence-electron chi connectivity index (χ3n) is 4.15. The Morgan fingerprint density at radius 3 is 2.66 bits per heavy atom. The number of H-pyrrole nitrogens is 1. The summed E-state index contributed by atoms with van der Waals surface area (Å²) in [5, 5.41) is 12.5. The first-order chi connectivity index (χ1) is 14.1. The number of ether oxygens (including phenoxy) is 2. The van der Waals surface area contributed by atoms with Crippen LogP contribution in [0.4, 0.5) is 14.9 Å². The summed E-state index contributed by atoms with van der Waals surface area (Å²) in [5.41, 5.74) is 1.46. The lowest BCUT2D eigenvalue weighted by atomic mass is 10.1. The minimum absolute atomic E-state index is 0.274. The Balaban J connectivity index is 1.47. The van der Waals surface area contributed by atoms with Crippen LogP contribution in [0.3, 0.4) is 0 Å². The smallest absolute Gasteiger partial charge is 0.319 e. The van der Waals surface area contributed by atoms with Gasteiger partial charge in [0, 0.05) is 25.5 Å². The largest absolute Gasteiger partial charge is 0.497 e. The van der Waals surface area contributed by atoms with Gasteiger partial charge >= 0.3 is 6.03 Å². The maximum atomic E-state index is 13.0. The lowest BCUT2D eigenvalue weighted by Crippen LogP contribution is -2.30. The van der Waals surface area contributed by atoms with Gasteiger partial charge in [0.1, 0.15) is 23.1 Å². The topological polar surface area (TPSA) is 101 Å². The molecule has 0 unspecified atom stereocenters. The monoisotopic (exact) mass is 399 g/mol. The van der Waals surface area contributed by atoms with E-state index >= 15 is 0 Å². The minimum atomic E-state index is -0.365. The number of halogens is 1. The highest BCUT2D eigenvalue weighted by molar-refractivity contribution is 5.91. The normalized spacial score (nSPS) is 10.4. The van der Waals surface area contributed by atoms with Crippen LogP contribution in [-0.4, -0.2) is 42.0 Å². The van der Waals surface area contributed by atoms with Gasteiger partial charge in [-0.3, -0.25) is 5.10 Å². The number of amides is 2. The van der Waals surface area contributed by atoms with Crippen molar-refractivity contribution in [1.29, 1.82) is 0 Å². The van der Waals surface area contributed by atoms with Gasteiger partial charge in [0.2, 0.25) is 0 Å². The first-order valence-electron chi connectivity index (χ1n) is 8.99. The molecular weight excluding hydrogens is 377 g/mol. The molecule has 0 atom stereocenters. The van der Waals surface area contributed by atoms with E-state index in [1.807, 2.05) is 0 Å². The number of methoxy groups -OCH3 is 2. The third-order valence-corrected chi connectivity index (χ3v) is 4.15. The molecular formula is C20H22FN5O3. The van der Waals surface area contributed by atoms with E-state index in [9.17, 15) is 9.18 Å². The number of hydrogen-bond acceptors (Lipinski definition) is 5. The van der Waals surface area contributed by atoms with Gasteiger partial charge in [-0.05, 0) is 29.8 Å². The predicted molar refractivity (Wildman–Crippen MR) is 106 cm³/mol. The Labute approximate surface area is 167 Å². The van der Waals surface area contributed by atoms with E-state index in [0.29, 0.717) is 48.2 Å². The predicted octanol–water partition coefficient (Wildman–Crippen LogP) is 2.92. The molecule has 3 aromatic rings. The summed E-state index contributed by atoms with van der Waals surface area (Å²) in [6.45, 7) is 0.359. The fourth-order valence-electron chi connectivity index (χ4n) is 2.68. The molecule has 0 spiro atoms. The zero-order valence-electron chi connectivity index (χ0n) is 16.2. The van der Waals surface area contributed by atoms with E-state index in [4.69, 9.17) is 9.47 Å². The summed E-state index contributed by atoms with van der Waals surface area (Å²) in [7, 11) is 3.08. The van der Waals surface area contributed by atoms with Crippen molar-refractivity contribution in [2.24, 2.45) is 0 Å². The number of hydrogen-bond donors (Lipinski definition) is 3. The van der Waals surface area contributed by atoms with Crippen LogP contribution in [0.15, 0.2) is 42.5 Å². The highest BCUT2D eigenvalue weighted by Crippen LogP contribution is 2.28. The van der Waals surface area contributed by atoms with Gasteiger partial charge in [0.25, 0.3) is 0 Å². The van der Waals surface area contributed by atoms with Crippen LogP contribution < -0.4 is 20.1 Å². The molecule has 1 heterocycles. The van der Waals surface area contributed by atoms with E-state index in [2.05, 4.69) is 25.8 Å². The average molecular weight is 399 g/mol. The Morgan fingerprint density at radius 2 is 1.93 bits per heavy atom. The number of benzene rings is 2. The summed E-state index contributed by atoms with van der Waals surface area (Å²) in [6.07, 6.45) is 0.992. The number of nitrogens with zero attached hydrogens (tertiary/aromatic N) is 2. The number of carbonyl (C=O) groups is 1. The van der Waals surface area contributed by atoms with Crippen LogP contribution in [0.1, 0.15) is 17.2 Å². The molecule has 3 N–H and O–H groups in total. The molecule has 29 heavy (non-hydrogen) atoms. The Morgan fingerprint density at radius 1 is 1.14 bits per heavy atom. The molecule has 3 rings (SSSR count). The van der Waals surface area contributed by atoms with Crippen molar-refractivity contribution in [3.05, 3.63) is 65.5 Å². The first kappa shape index (κ1) is 20.1. The molecule has 0 aliphatic heterocycles. The van der Waals surface area contributed by atoms with Crippen molar-refractivity contribution in [2.75, 3.05) is 26.1 Å². The molecule has 1 aromatic heterocycles. The van der Waals surface area contributed by atoms with Crippen LogP contribution in [0, 0.1) is 5.82 Å². The standard InChI is InChI=1S/C20H22FN5O3/c1-28-15-7-8-16(17(12-15)29-2)23-20(27)22-10-9-18-24-19(26-25-18)11-13-3-5-14(21)6-4-13/h3-8,12H,9-11H2,1-2H3,(H2,22,23,27)(H,24,25,26). The molecule has 0 saturated carbocycles. The number of nitrogens with one attached hydrogen (secondary N) is 3. The molecule has 0 bridgehead atoms. The van der Waals surface area contributed by atoms with Crippen molar-refractivity contribution in [3.63, 3.8) is 0 Å². The van der Waals surface area contributed by atoms with Gasteiger partial charge in [-0.25, -0.2) is 14.2 Å². The summed E-state index contributed by atoms with van der Waals surface area (Å²) in [5.74, 6) is 2.12. The van der Waals surface area contributed by atoms with Crippen molar-refractivity contribution in [3.8, 4) is 11.5 Å². The second-order valence-electron chi connectivity index (χ2n) is 6.20. The van der Waals surface area contributed by atoms with Crippen LogP contribution in [-0.2, 0) is 12.8 Å². The van der Waals surface area contributed by atoms with Crippen LogP contribution in [0.2, 0.25) is 0 Å². The second-order valence-corrected chi connectivity index (χ2v) is 6.20. The summed E-state index contributed by atoms with van der Waals surface area (Å²) < 4.78 is 23.3. The van der Waals surface area contributed by atoms with Gasteiger partial charge in [0.05, 0.1) is 19.9 Å². The number of aromatic nitrogens is 3. The van der Waals surface area contributed by atoms with Crippen LogP contribution >= 0.6 is 0 Å². The van der Waals surface area contributed by atoms with Crippen molar-refractivity contribution < 1.29 is 18.7 Å². The molecule has 0 aliphatic carbocycles. The molecule has 0 saturated heterocycles. The zero-order valence-corrected chi connectivity index (χ0v) is 16.2. The highest BCUT2D eigenvalue weighted by Gasteiger charge is 2.10. The summed E-state index contributed by atoms with van der Waals surface area (Å²) >= 11 is 0. The molecule has 9 heteroatoms. The maximum Gasteiger partial charge on any atom is 0.319 e. The van der Waals surface area contributed by atoms with Crippen molar-refractivity contribution in [1.82, 2.24) is 20.5 Å². The van der Waals surface area contributed by atoms with Crippen LogP contribution in [0.25, 0.3) is 0 Å². The molecule has 0 radical (unpaired) electrons. The molecule has 0 aliphatic rings. The fourth-order valence-corrected chi connectivity index (χ4v) is 2.68. The maximum absolute atomic E-state index is 13.0. The van der Waals surface area contributed by atoms with Gasteiger partial charge < -0.3 is 20.1 Å². The van der Waals surface area contributed by atoms with E-state index in [1.54, 1.807) is 37.4 Å². The van der Waals surface area contributed by atoms with Gasteiger partial charge in [0.15, 0.2) is 5.82 Å². The zero-order chi connectivity index (χ0) is 20.6. The fraction of sp³-hybridized carbons (Fsp3) is 0.250. The number of aromatic amines is 1. The van der Waals surface area contributed by atoms with E-state index < -0.39 is 0 Å². The lowest BCUT2D eigenvalue weighted by molar-refractivity contribution is 0.252. The lowest BCUT2D eigenvalue weighted by Gasteiger charge is -2.12. The summed E-state index contributed by atoms with van der Waals surface area (Å²) in [6, 6.07) is 11.0. The quantitative estimate of drug-likeness (QED) is 0.541. The Hall–Kier alpha value is -3.62. The molecule has 152 valence electrons. The average Bonchev–Trinajstić information content (AvgIpc) is 3.17. The van der Waals surface area contributed by atoms with E-state index in [1.165, 1.54) is 19.2 Å². The molecule has 0 fully saturated rings. The number of carbonyl (C=O) groups excluding carboxylic acids is 1. The Bertz CT molecular complexity index is 959. The highest BCUT2D eigenvalue weighted by atomic mass is 19.1. The second kappa shape index (κ2) is 9.54. The molecule has 2 aromatic carbocycles. The first-order valence-corrected chi connectivity index (χ1v) is 8.99. The van der Waals surface area contributed by atoms with Gasteiger partial charge in [-0.2, -0.15) is 5.10 Å². The minimum Gasteiger partial charge on any atom is -0.497 e. The van der Waals surface area contributed by atoms with Gasteiger partial charge in [-0.15, -0.1) is 0 Å². The van der Waals surface area contributed by atoms with Gasteiger partial charge in [-0.1, -0.05) is 12.1 Å². The van der Waals surface area contributed by atoms with Crippen molar-refractivity contribution >= 4 is 11.7 Å². The van der Waals surface area contributed by atoms with Crippen LogP contribution in [0.5, 0.6) is 11.5 Å². The molecule has 8 nitrogen and oxygen atoms in total. The summed E-state index contributed by atoms with van der Waals surface area (Å²) in [4.78, 5) is 16.5. The SMILES string of the molecule is COc1ccc(NC(=O)NCCc2n[nH]c(Cc3ccc(F)cc3)n2)c(OC)c1. The Kier molecular flexibility index (Phi) is 6.62. The van der Waals surface area contributed by atoms with E-state index in [-0.39, 0.29) is 11.8 Å².